The fourth-order valence-electron chi connectivity index (χ4n) is 3.68. The molecule has 0 amide bonds. The summed E-state index contributed by atoms with van der Waals surface area (Å²) in [5.41, 5.74) is 0. The first-order chi connectivity index (χ1) is 7.69. The number of rotatable bonds is 3. The second-order valence-corrected chi connectivity index (χ2v) is 6.20. The molecule has 2 rings (SSSR count). The summed E-state index contributed by atoms with van der Waals surface area (Å²) >= 11 is 0. The van der Waals surface area contributed by atoms with Crippen molar-refractivity contribution >= 4 is 0 Å². The third-order valence-corrected chi connectivity index (χ3v) is 4.68. The van der Waals surface area contributed by atoms with E-state index >= 15 is 0 Å². The van der Waals surface area contributed by atoms with Crippen LogP contribution < -0.4 is 5.32 Å². The Kier molecular flexibility index (Phi) is 4.26. The molecule has 4 unspecified atom stereocenters. The van der Waals surface area contributed by atoms with E-state index < -0.39 is 0 Å². The Balaban J connectivity index is 1.75. The van der Waals surface area contributed by atoms with E-state index in [1.54, 1.807) is 0 Å². The highest BCUT2D eigenvalue weighted by Gasteiger charge is 2.28. The van der Waals surface area contributed by atoms with E-state index in [0.717, 1.165) is 23.8 Å². The van der Waals surface area contributed by atoms with E-state index in [2.05, 4.69) is 31.1 Å². The lowest BCUT2D eigenvalue weighted by Crippen LogP contribution is -2.48. The highest BCUT2D eigenvalue weighted by molar-refractivity contribution is 4.84. The molecule has 2 heteroatoms. The SMILES string of the molecule is CNC1CCN(CC2CCC(C)C2)CC1C. The first-order valence-corrected chi connectivity index (χ1v) is 7.08. The van der Waals surface area contributed by atoms with Crippen molar-refractivity contribution in [2.45, 2.75) is 45.6 Å². The van der Waals surface area contributed by atoms with Gasteiger partial charge in [-0.2, -0.15) is 0 Å². The van der Waals surface area contributed by atoms with Gasteiger partial charge in [0.05, 0.1) is 0 Å². The van der Waals surface area contributed by atoms with Crippen molar-refractivity contribution in [1.82, 2.24) is 10.2 Å². The van der Waals surface area contributed by atoms with Crippen LogP contribution in [0.1, 0.15) is 39.5 Å². The van der Waals surface area contributed by atoms with Gasteiger partial charge < -0.3 is 10.2 Å². The van der Waals surface area contributed by atoms with Crippen LogP contribution in [-0.4, -0.2) is 37.6 Å². The van der Waals surface area contributed by atoms with Crippen molar-refractivity contribution in [2.75, 3.05) is 26.7 Å². The van der Waals surface area contributed by atoms with Crippen LogP contribution in [0.15, 0.2) is 0 Å². The van der Waals surface area contributed by atoms with Gasteiger partial charge in [0.2, 0.25) is 0 Å². The fourth-order valence-corrected chi connectivity index (χ4v) is 3.68. The Labute approximate surface area is 101 Å². The minimum absolute atomic E-state index is 0.749. The molecule has 0 aromatic carbocycles. The van der Waals surface area contributed by atoms with Crippen LogP contribution in [0.5, 0.6) is 0 Å². The molecular formula is C14H28N2. The molecule has 94 valence electrons. The zero-order chi connectivity index (χ0) is 11.5. The molecule has 2 aliphatic rings. The average molecular weight is 224 g/mol. The minimum atomic E-state index is 0.749. The van der Waals surface area contributed by atoms with Crippen molar-refractivity contribution in [3.8, 4) is 0 Å². The molecule has 1 aliphatic carbocycles. The summed E-state index contributed by atoms with van der Waals surface area (Å²) in [4.78, 5) is 2.71. The molecule has 2 fully saturated rings. The maximum absolute atomic E-state index is 3.45. The number of hydrogen-bond acceptors (Lipinski definition) is 2. The van der Waals surface area contributed by atoms with Crippen molar-refractivity contribution < 1.29 is 0 Å². The number of nitrogens with zero attached hydrogens (tertiary/aromatic N) is 1. The van der Waals surface area contributed by atoms with Crippen molar-refractivity contribution in [3.63, 3.8) is 0 Å². The minimum Gasteiger partial charge on any atom is -0.317 e. The second kappa shape index (κ2) is 5.50. The first kappa shape index (κ1) is 12.4. The van der Waals surface area contributed by atoms with Gasteiger partial charge in [-0.05, 0) is 50.6 Å². The van der Waals surface area contributed by atoms with Crippen LogP contribution >= 0.6 is 0 Å². The second-order valence-electron chi connectivity index (χ2n) is 6.20. The predicted octanol–water partition coefficient (Wildman–Crippen LogP) is 2.35. The lowest BCUT2D eigenvalue weighted by Gasteiger charge is -2.38. The predicted molar refractivity (Wildman–Crippen MR) is 69.6 cm³/mol. The Morgan fingerprint density at radius 1 is 1.19 bits per heavy atom. The molecular weight excluding hydrogens is 196 g/mol. The van der Waals surface area contributed by atoms with Gasteiger partial charge in [-0.25, -0.2) is 0 Å². The third kappa shape index (κ3) is 2.98. The van der Waals surface area contributed by atoms with E-state index in [-0.39, 0.29) is 0 Å². The molecule has 4 atom stereocenters. The summed E-state index contributed by atoms with van der Waals surface area (Å²) in [5, 5.41) is 3.45. The molecule has 0 aromatic rings. The van der Waals surface area contributed by atoms with Crippen molar-refractivity contribution in [3.05, 3.63) is 0 Å². The molecule has 1 saturated heterocycles. The maximum Gasteiger partial charge on any atom is 0.0114 e. The Hall–Kier alpha value is -0.0800. The Morgan fingerprint density at radius 2 is 2.00 bits per heavy atom. The van der Waals surface area contributed by atoms with Gasteiger partial charge in [0.1, 0.15) is 0 Å². The highest BCUT2D eigenvalue weighted by Crippen LogP contribution is 2.31. The molecule has 0 spiro atoms. The summed E-state index contributed by atoms with van der Waals surface area (Å²) in [6.07, 6.45) is 5.75. The van der Waals surface area contributed by atoms with Crippen LogP contribution in [0.4, 0.5) is 0 Å². The normalized spacial score (nSPS) is 41.4. The largest absolute Gasteiger partial charge is 0.317 e. The molecule has 1 heterocycles. The monoisotopic (exact) mass is 224 g/mol. The summed E-state index contributed by atoms with van der Waals surface area (Å²) < 4.78 is 0. The van der Waals surface area contributed by atoms with Crippen LogP contribution in [0.25, 0.3) is 0 Å². The van der Waals surface area contributed by atoms with Gasteiger partial charge in [0.25, 0.3) is 0 Å². The molecule has 1 N–H and O–H groups in total. The summed E-state index contributed by atoms with van der Waals surface area (Å²) in [7, 11) is 2.11. The van der Waals surface area contributed by atoms with E-state index in [1.165, 1.54) is 45.3 Å². The zero-order valence-electron chi connectivity index (χ0n) is 11.2. The van der Waals surface area contributed by atoms with Gasteiger partial charge in [0, 0.05) is 19.1 Å². The molecule has 0 bridgehead atoms. The molecule has 0 radical (unpaired) electrons. The maximum atomic E-state index is 3.45. The van der Waals surface area contributed by atoms with Crippen molar-refractivity contribution in [1.29, 1.82) is 0 Å². The van der Waals surface area contributed by atoms with Gasteiger partial charge in [-0.1, -0.05) is 20.3 Å². The van der Waals surface area contributed by atoms with E-state index in [9.17, 15) is 0 Å². The number of piperidine rings is 1. The Morgan fingerprint density at radius 3 is 2.56 bits per heavy atom. The van der Waals surface area contributed by atoms with Gasteiger partial charge in [-0.3, -0.25) is 0 Å². The van der Waals surface area contributed by atoms with Gasteiger partial charge in [-0.15, -0.1) is 0 Å². The quantitative estimate of drug-likeness (QED) is 0.791. The fraction of sp³-hybridized carbons (Fsp3) is 1.00. The molecule has 16 heavy (non-hydrogen) atoms. The van der Waals surface area contributed by atoms with Crippen LogP contribution in [0.3, 0.4) is 0 Å². The smallest absolute Gasteiger partial charge is 0.0114 e. The van der Waals surface area contributed by atoms with Gasteiger partial charge >= 0.3 is 0 Å². The molecule has 2 nitrogen and oxygen atoms in total. The molecule has 0 aromatic heterocycles. The standard InChI is InChI=1S/C14H28N2/c1-11-4-5-13(8-11)10-16-7-6-14(15-3)12(2)9-16/h11-15H,4-10H2,1-3H3. The summed E-state index contributed by atoms with van der Waals surface area (Å²) in [6, 6.07) is 0.749. The topological polar surface area (TPSA) is 15.3 Å². The zero-order valence-corrected chi connectivity index (χ0v) is 11.2. The van der Waals surface area contributed by atoms with E-state index in [0.29, 0.717) is 0 Å². The summed E-state index contributed by atoms with van der Waals surface area (Å²) in [5.74, 6) is 2.79. The number of nitrogens with one attached hydrogen (secondary N) is 1. The van der Waals surface area contributed by atoms with Gasteiger partial charge in [0.15, 0.2) is 0 Å². The van der Waals surface area contributed by atoms with E-state index in [1.807, 2.05) is 0 Å². The summed E-state index contributed by atoms with van der Waals surface area (Å²) in [6.45, 7) is 8.78. The number of hydrogen-bond donors (Lipinski definition) is 1. The van der Waals surface area contributed by atoms with Crippen LogP contribution in [0.2, 0.25) is 0 Å². The van der Waals surface area contributed by atoms with Crippen LogP contribution in [0, 0.1) is 17.8 Å². The first-order valence-electron chi connectivity index (χ1n) is 7.08. The lowest BCUT2D eigenvalue weighted by molar-refractivity contribution is 0.132. The Bertz CT molecular complexity index is 217. The van der Waals surface area contributed by atoms with Crippen LogP contribution in [-0.2, 0) is 0 Å². The average Bonchev–Trinajstić information content (AvgIpc) is 2.64. The molecule has 1 aliphatic heterocycles. The third-order valence-electron chi connectivity index (χ3n) is 4.68. The van der Waals surface area contributed by atoms with E-state index in [4.69, 9.17) is 0 Å². The highest BCUT2D eigenvalue weighted by atomic mass is 15.1. The molecule has 1 saturated carbocycles. The lowest BCUT2D eigenvalue weighted by atomic mass is 9.93. The number of likely N-dealkylation sites (tertiary alicyclic amines) is 1. The van der Waals surface area contributed by atoms with Crippen molar-refractivity contribution in [2.24, 2.45) is 17.8 Å².